The first-order valence-electron chi connectivity index (χ1n) is 13.4. The monoisotopic (exact) mass is 624 g/mol. The van der Waals surface area contributed by atoms with Crippen molar-refractivity contribution in [1.82, 2.24) is 20.1 Å². The summed E-state index contributed by atoms with van der Waals surface area (Å²) in [5.74, 6) is 0.744. The first-order chi connectivity index (χ1) is 21.0. The third-order valence-corrected chi connectivity index (χ3v) is 7.34. The summed E-state index contributed by atoms with van der Waals surface area (Å²) < 4.78 is 48.1. The van der Waals surface area contributed by atoms with Crippen LogP contribution in [-0.2, 0) is 4.79 Å². The van der Waals surface area contributed by atoms with Gasteiger partial charge in [-0.25, -0.2) is 14.5 Å². The van der Waals surface area contributed by atoms with Crippen molar-refractivity contribution < 1.29 is 32.2 Å². The normalized spacial score (nSPS) is 14.4. The van der Waals surface area contributed by atoms with Crippen molar-refractivity contribution in [2.75, 3.05) is 17.4 Å². The lowest BCUT2D eigenvalue weighted by Gasteiger charge is -2.22. The Morgan fingerprint density at radius 2 is 1.77 bits per heavy atom. The molecule has 0 atom stereocenters. The number of urea groups is 1. The van der Waals surface area contributed by atoms with Gasteiger partial charge in [-0.2, -0.15) is 4.99 Å². The summed E-state index contributed by atoms with van der Waals surface area (Å²) in [6, 6.07) is 17.3. The van der Waals surface area contributed by atoms with E-state index in [0.29, 0.717) is 28.0 Å². The van der Waals surface area contributed by atoms with Gasteiger partial charge >= 0.3 is 12.4 Å². The van der Waals surface area contributed by atoms with Gasteiger partial charge in [0.05, 0.1) is 17.1 Å². The smallest absolute Gasteiger partial charge is 0.473 e. The standard InChI is InChI=1S/C30H27F3N6O4S/c1-18(2)24-13-4-19(3)14-25(24)39-26(40)15-44-29(39)36-28(41)35-17-42-22-9-5-20(6-10-22)27-34-16-38(37-27)21-7-11-23(12-8-21)43-30(31,32)33/h4-14,16,18H,15,17H2,1-3H3,(H,35,41)/b36-29-. The fourth-order valence-electron chi connectivity index (χ4n) is 4.35. The highest BCUT2D eigenvalue weighted by molar-refractivity contribution is 8.15. The number of nitrogens with zero attached hydrogens (tertiary/aromatic N) is 5. The number of nitrogens with one attached hydrogen (secondary N) is 1. The van der Waals surface area contributed by atoms with E-state index in [0.717, 1.165) is 16.8 Å². The zero-order chi connectivity index (χ0) is 31.4. The molecule has 1 aliphatic rings. The van der Waals surface area contributed by atoms with Gasteiger partial charge in [0.2, 0.25) is 5.91 Å². The maximum atomic E-state index is 12.7. The number of thioether (sulfide) groups is 1. The van der Waals surface area contributed by atoms with Crippen molar-refractivity contribution in [3.63, 3.8) is 0 Å². The Morgan fingerprint density at radius 1 is 1.07 bits per heavy atom. The lowest BCUT2D eigenvalue weighted by atomic mass is 9.99. The number of aliphatic imine (C=N–C) groups is 1. The number of hydrogen-bond donors (Lipinski definition) is 1. The second-order valence-corrected chi connectivity index (χ2v) is 10.9. The van der Waals surface area contributed by atoms with E-state index in [9.17, 15) is 22.8 Å². The van der Waals surface area contributed by atoms with E-state index in [1.165, 1.54) is 51.9 Å². The zero-order valence-electron chi connectivity index (χ0n) is 23.8. The molecule has 14 heteroatoms. The van der Waals surface area contributed by atoms with Crippen molar-refractivity contribution in [2.24, 2.45) is 4.99 Å². The van der Waals surface area contributed by atoms with E-state index >= 15 is 0 Å². The second-order valence-electron chi connectivity index (χ2n) is 9.98. The number of anilines is 1. The van der Waals surface area contributed by atoms with Gasteiger partial charge in [0.15, 0.2) is 17.7 Å². The average molecular weight is 625 g/mol. The maximum Gasteiger partial charge on any atom is 0.573 e. The molecule has 1 N–H and O–H groups in total. The number of aromatic nitrogens is 3. The summed E-state index contributed by atoms with van der Waals surface area (Å²) in [6.07, 6.45) is -3.33. The number of halogens is 3. The first kappa shape index (κ1) is 30.6. The highest BCUT2D eigenvalue weighted by Gasteiger charge is 2.33. The molecule has 0 bridgehead atoms. The van der Waals surface area contributed by atoms with E-state index in [1.54, 1.807) is 24.3 Å². The predicted molar refractivity (Wildman–Crippen MR) is 160 cm³/mol. The van der Waals surface area contributed by atoms with Crippen molar-refractivity contribution in [1.29, 1.82) is 0 Å². The van der Waals surface area contributed by atoms with Crippen LogP contribution in [0.25, 0.3) is 17.1 Å². The van der Waals surface area contributed by atoms with Gasteiger partial charge in [-0.3, -0.25) is 9.69 Å². The summed E-state index contributed by atoms with van der Waals surface area (Å²) in [5, 5.41) is 7.26. The predicted octanol–water partition coefficient (Wildman–Crippen LogP) is 6.45. The molecule has 4 aromatic rings. The maximum absolute atomic E-state index is 12.7. The van der Waals surface area contributed by atoms with E-state index < -0.39 is 12.4 Å². The van der Waals surface area contributed by atoms with Crippen LogP contribution in [0.2, 0.25) is 0 Å². The Bertz CT molecular complexity index is 1690. The lowest BCUT2D eigenvalue weighted by Crippen LogP contribution is -2.33. The number of hydrogen-bond acceptors (Lipinski definition) is 7. The van der Waals surface area contributed by atoms with Gasteiger partial charge in [-0.05, 0) is 78.6 Å². The number of amides is 3. The molecule has 1 fully saturated rings. The number of rotatable bonds is 8. The summed E-state index contributed by atoms with van der Waals surface area (Å²) in [5.41, 5.74) is 3.88. The third kappa shape index (κ3) is 7.37. The molecule has 44 heavy (non-hydrogen) atoms. The van der Waals surface area contributed by atoms with Gasteiger partial charge in [0.25, 0.3) is 0 Å². The Hall–Kier alpha value is -4.85. The van der Waals surface area contributed by atoms with Crippen LogP contribution in [0.1, 0.15) is 30.9 Å². The van der Waals surface area contributed by atoms with Crippen LogP contribution in [-0.4, -0.2) is 50.7 Å². The Kier molecular flexibility index (Phi) is 8.90. The van der Waals surface area contributed by atoms with Crippen LogP contribution in [0.3, 0.4) is 0 Å². The molecular formula is C30H27F3N6O4S. The van der Waals surface area contributed by atoms with E-state index in [1.807, 2.05) is 39.0 Å². The second kappa shape index (κ2) is 12.8. The molecule has 1 aromatic heterocycles. The summed E-state index contributed by atoms with van der Waals surface area (Å²) in [7, 11) is 0. The van der Waals surface area contributed by atoms with Crippen LogP contribution in [0.15, 0.2) is 78.0 Å². The zero-order valence-corrected chi connectivity index (χ0v) is 24.6. The van der Waals surface area contributed by atoms with Crippen LogP contribution in [0, 0.1) is 6.92 Å². The third-order valence-electron chi connectivity index (χ3n) is 6.41. The molecular weight excluding hydrogens is 597 g/mol. The van der Waals surface area contributed by atoms with Crippen LogP contribution < -0.4 is 19.7 Å². The summed E-state index contributed by atoms with van der Waals surface area (Å²) in [4.78, 5) is 35.2. The Balaban J connectivity index is 1.17. The number of carbonyl (C=O) groups excluding carboxylic acids is 2. The molecule has 10 nitrogen and oxygen atoms in total. The number of aryl methyl sites for hydroxylation is 1. The van der Waals surface area contributed by atoms with Crippen molar-refractivity contribution >= 4 is 34.6 Å². The minimum Gasteiger partial charge on any atom is -0.473 e. The minimum atomic E-state index is -4.77. The largest absolute Gasteiger partial charge is 0.573 e. The Labute approximate surface area is 254 Å². The molecule has 0 unspecified atom stereocenters. The number of ether oxygens (including phenoxy) is 2. The Morgan fingerprint density at radius 3 is 2.45 bits per heavy atom. The SMILES string of the molecule is Cc1ccc(C(C)C)c(N2C(=O)CS/C2=N\C(=O)NCOc2ccc(-c3ncn(-c4ccc(OC(F)(F)F)cc4)n3)cc2)c1. The fourth-order valence-corrected chi connectivity index (χ4v) is 5.20. The number of alkyl halides is 3. The van der Waals surface area contributed by atoms with Crippen molar-refractivity contribution in [3.05, 3.63) is 84.2 Å². The summed E-state index contributed by atoms with van der Waals surface area (Å²) >= 11 is 1.20. The van der Waals surface area contributed by atoms with Gasteiger partial charge in [-0.15, -0.1) is 18.3 Å². The molecule has 3 amide bonds. The molecule has 0 aliphatic carbocycles. The molecule has 0 spiro atoms. The number of benzene rings is 3. The van der Waals surface area contributed by atoms with E-state index in [-0.39, 0.29) is 30.1 Å². The molecule has 0 saturated carbocycles. The lowest BCUT2D eigenvalue weighted by molar-refractivity contribution is -0.274. The number of carbonyl (C=O) groups is 2. The summed E-state index contributed by atoms with van der Waals surface area (Å²) in [6.45, 7) is 5.87. The highest BCUT2D eigenvalue weighted by atomic mass is 32.2. The van der Waals surface area contributed by atoms with Gasteiger partial charge in [-0.1, -0.05) is 37.7 Å². The van der Waals surface area contributed by atoms with Crippen LogP contribution >= 0.6 is 11.8 Å². The van der Waals surface area contributed by atoms with Crippen molar-refractivity contribution in [2.45, 2.75) is 33.1 Å². The quantitative estimate of drug-likeness (QED) is 0.225. The minimum absolute atomic E-state index is 0.141. The molecule has 1 aliphatic heterocycles. The molecule has 1 saturated heterocycles. The molecule has 228 valence electrons. The molecule has 5 rings (SSSR count). The van der Waals surface area contributed by atoms with E-state index in [2.05, 4.69) is 25.1 Å². The first-order valence-corrected chi connectivity index (χ1v) is 14.4. The van der Waals surface area contributed by atoms with Gasteiger partial charge in [0, 0.05) is 5.56 Å². The highest BCUT2D eigenvalue weighted by Crippen LogP contribution is 2.34. The fraction of sp³-hybridized carbons (Fsp3) is 0.233. The molecule has 2 heterocycles. The van der Waals surface area contributed by atoms with Gasteiger partial charge in [0.1, 0.15) is 17.8 Å². The van der Waals surface area contributed by atoms with Crippen LogP contribution in [0.4, 0.5) is 23.7 Å². The molecule has 0 radical (unpaired) electrons. The van der Waals surface area contributed by atoms with Gasteiger partial charge < -0.3 is 14.8 Å². The molecule has 3 aromatic carbocycles. The van der Waals surface area contributed by atoms with E-state index in [4.69, 9.17) is 4.74 Å². The average Bonchev–Trinajstić information content (AvgIpc) is 3.60. The van der Waals surface area contributed by atoms with Crippen LogP contribution in [0.5, 0.6) is 11.5 Å². The number of amidine groups is 1. The topological polar surface area (TPSA) is 111 Å². The van der Waals surface area contributed by atoms with Crippen molar-refractivity contribution in [3.8, 4) is 28.6 Å².